The fourth-order valence-corrected chi connectivity index (χ4v) is 2.30. The summed E-state index contributed by atoms with van der Waals surface area (Å²) >= 11 is 11.8. The van der Waals surface area contributed by atoms with Crippen molar-refractivity contribution >= 4 is 29.1 Å². The van der Waals surface area contributed by atoms with E-state index in [1.807, 2.05) is 6.07 Å². The molecule has 1 amide bonds. The first-order valence-electron chi connectivity index (χ1n) is 7.16. The van der Waals surface area contributed by atoms with E-state index in [1.54, 1.807) is 31.2 Å². The third kappa shape index (κ3) is 5.20. The minimum atomic E-state index is -0.379. The summed E-state index contributed by atoms with van der Waals surface area (Å²) in [5.74, 6) is -0.671. The first-order valence-corrected chi connectivity index (χ1v) is 7.92. The first kappa shape index (κ1) is 17.7. The zero-order valence-electron chi connectivity index (χ0n) is 12.6. The number of halogens is 3. The molecule has 2 aromatic carbocycles. The molecule has 2 N–H and O–H groups in total. The smallest absolute Gasteiger partial charge is 0.251 e. The molecule has 2 rings (SSSR count). The van der Waals surface area contributed by atoms with Crippen LogP contribution in [0.2, 0.25) is 10.0 Å². The molecule has 0 fully saturated rings. The van der Waals surface area contributed by atoms with E-state index in [9.17, 15) is 9.18 Å². The van der Waals surface area contributed by atoms with Gasteiger partial charge in [-0.2, -0.15) is 0 Å². The second-order valence-corrected chi connectivity index (χ2v) is 5.96. The van der Waals surface area contributed by atoms with Crippen molar-refractivity contribution < 1.29 is 9.18 Å². The second-order valence-electron chi connectivity index (χ2n) is 5.15. The Labute approximate surface area is 144 Å². The topological polar surface area (TPSA) is 41.1 Å². The van der Waals surface area contributed by atoms with Gasteiger partial charge in [0.15, 0.2) is 0 Å². The molecule has 2 aromatic rings. The number of amides is 1. The molecule has 0 aromatic heterocycles. The average Bonchev–Trinajstić information content (AvgIpc) is 2.53. The summed E-state index contributed by atoms with van der Waals surface area (Å²) in [7, 11) is 0. The van der Waals surface area contributed by atoms with E-state index < -0.39 is 0 Å². The van der Waals surface area contributed by atoms with Crippen LogP contribution in [0.1, 0.15) is 21.5 Å². The minimum absolute atomic E-state index is 0.291. The van der Waals surface area contributed by atoms with Gasteiger partial charge >= 0.3 is 0 Å². The monoisotopic (exact) mass is 354 g/mol. The molecule has 0 spiro atoms. The molecule has 23 heavy (non-hydrogen) atoms. The Hall–Kier alpha value is -1.62. The number of hydrogen-bond donors (Lipinski definition) is 2. The van der Waals surface area contributed by atoms with Crippen molar-refractivity contribution in [1.29, 1.82) is 0 Å². The van der Waals surface area contributed by atoms with E-state index in [0.29, 0.717) is 40.8 Å². The Morgan fingerprint density at radius 2 is 1.87 bits per heavy atom. The van der Waals surface area contributed by atoms with Gasteiger partial charge < -0.3 is 10.6 Å². The molecule has 0 heterocycles. The van der Waals surface area contributed by atoms with Crippen LogP contribution in [-0.4, -0.2) is 19.0 Å². The van der Waals surface area contributed by atoms with E-state index in [1.165, 1.54) is 6.07 Å². The highest BCUT2D eigenvalue weighted by Gasteiger charge is 2.07. The number of aryl methyl sites for hydroxylation is 1. The van der Waals surface area contributed by atoms with Gasteiger partial charge in [-0.3, -0.25) is 4.79 Å². The van der Waals surface area contributed by atoms with Crippen molar-refractivity contribution in [3.05, 3.63) is 69.0 Å². The van der Waals surface area contributed by atoms with Crippen LogP contribution in [0.25, 0.3) is 0 Å². The van der Waals surface area contributed by atoms with Gasteiger partial charge in [0.1, 0.15) is 5.82 Å². The summed E-state index contributed by atoms with van der Waals surface area (Å²) < 4.78 is 13.4. The normalized spacial score (nSPS) is 10.6. The van der Waals surface area contributed by atoms with Crippen molar-refractivity contribution in [3.63, 3.8) is 0 Å². The summed E-state index contributed by atoms with van der Waals surface area (Å²) in [6, 6.07) is 9.87. The van der Waals surface area contributed by atoms with Gasteiger partial charge in [-0.25, -0.2) is 4.39 Å². The predicted octanol–water partition coefficient (Wildman–Crippen LogP) is 3.96. The Bertz CT molecular complexity index is 707. The molecule has 0 saturated carbocycles. The highest BCUT2D eigenvalue weighted by molar-refractivity contribution is 6.42. The number of nitrogens with one attached hydrogen (secondary N) is 2. The lowest BCUT2D eigenvalue weighted by Gasteiger charge is -2.08. The number of carbonyl (C=O) groups excluding carboxylic acids is 1. The van der Waals surface area contributed by atoms with E-state index in [0.717, 1.165) is 5.56 Å². The zero-order chi connectivity index (χ0) is 16.8. The lowest BCUT2D eigenvalue weighted by molar-refractivity contribution is 0.0953. The van der Waals surface area contributed by atoms with Crippen LogP contribution in [0, 0.1) is 12.7 Å². The zero-order valence-corrected chi connectivity index (χ0v) is 14.1. The van der Waals surface area contributed by atoms with Gasteiger partial charge in [-0.15, -0.1) is 0 Å². The van der Waals surface area contributed by atoms with Crippen molar-refractivity contribution in [2.75, 3.05) is 13.1 Å². The third-order valence-corrected chi connectivity index (χ3v) is 4.07. The summed E-state index contributed by atoms with van der Waals surface area (Å²) in [5.41, 5.74) is 1.84. The molecule has 122 valence electrons. The maximum Gasteiger partial charge on any atom is 0.251 e. The fraction of sp³-hybridized carbons (Fsp3) is 0.235. The summed E-state index contributed by atoms with van der Waals surface area (Å²) in [5, 5.41) is 6.96. The van der Waals surface area contributed by atoms with Crippen LogP contribution in [0.4, 0.5) is 4.39 Å². The molecule has 0 bridgehead atoms. The van der Waals surface area contributed by atoms with Gasteiger partial charge in [0.25, 0.3) is 5.91 Å². The largest absolute Gasteiger partial charge is 0.351 e. The van der Waals surface area contributed by atoms with E-state index in [2.05, 4.69) is 10.6 Å². The Morgan fingerprint density at radius 3 is 2.57 bits per heavy atom. The molecule has 0 aliphatic carbocycles. The highest BCUT2D eigenvalue weighted by Crippen LogP contribution is 2.22. The second kappa shape index (κ2) is 8.29. The van der Waals surface area contributed by atoms with Crippen LogP contribution >= 0.6 is 23.2 Å². The van der Waals surface area contributed by atoms with Gasteiger partial charge in [-0.05, 0) is 42.3 Å². The molecule has 6 heteroatoms. The van der Waals surface area contributed by atoms with E-state index >= 15 is 0 Å². The Morgan fingerprint density at radius 1 is 1.09 bits per heavy atom. The van der Waals surface area contributed by atoms with E-state index in [4.69, 9.17) is 23.2 Å². The van der Waals surface area contributed by atoms with Gasteiger partial charge in [0, 0.05) is 25.2 Å². The minimum Gasteiger partial charge on any atom is -0.351 e. The van der Waals surface area contributed by atoms with Crippen molar-refractivity contribution in [2.24, 2.45) is 0 Å². The van der Waals surface area contributed by atoms with Crippen molar-refractivity contribution in [2.45, 2.75) is 13.5 Å². The van der Waals surface area contributed by atoms with Gasteiger partial charge in [-0.1, -0.05) is 35.3 Å². The summed E-state index contributed by atoms with van der Waals surface area (Å²) in [6.07, 6.45) is 0. The van der Waals surface area contributed by atoms with Crippen molar-refractivity contribution in [3.8, 4) is 0 Å². The Balaban J connectivity index is 1.73. The van der Waals surface area contributed by atoms with Gasteiger partial charge in [0.2, 0.25) is 0 Å². The molecule has 0 aliphatic rings. The fourth-order valence-electron chi connectivity index (χ4n) is 1.98. The number of hydrogen-bond acceptors (Lipinski definition) is 2. The van der Waals surface area contributed by atoms with Crippen LogP contribution in [-0.2, 0) is 6.54 Å². The van der Waals surface area contributed by atoms with Crippen molar-refractivity contribution in [1.82, 2.24) is 10.6 Å². The summed E-state index contributed by atoms with van der Waals surface area (Å²) in [4.78, 5) is 11.9. The van der Waals surface area contributed by atoms with Gasteiger partial charge in [0.05, 0.1) is 10.0 Å². The number of benzene rings is 2. The summed E-state index contributed by atoms with van der Waals surface area (Å²) in [6.45, 7) is 3.30. The van der Waals surface area contributed by atoms with Crippen LogP contribution < -0.4 is 10.6 Å². The standard InChI is InChI=1S/C17H17Cl2FN2O/c1-11-2-4-13(9-16(11)20)17(23)22-7-6-21-10-12-3-5-14(18)15(19)8-12/h2-5,8-9,21H,6-7,10H2,1H3,(H,22,23). The molecule has 0 aliphatic heterocycles. The lowest BCUT2D eigenvalue weighted by Crippen LogP contribution is -2.31. The maximum absolute atomic E-state index is 13.4. The molecule has 0 radical (unpaired) electrons. The quantitative estimate of drug-likeness (QED) is 0.770. The molecule has 3 nitrogen and oxygen atoms in total. The lowest BCUT2D eigenvalue weighted by atomic mass is 10.1. The highest BCUT2D eigenvalue weighted by atomic mass is 35.5. The number of carbonyl (C=O) groups is 1. The molecule has 0 atom stereocenters. The Kier molecular flexibility index (Phi) is 6.39. The predicted molar refractivity (Wildman–Crippen MR) is 91.6 cm³/mol. The SMILES string of the molecule is Cc1ccc(C(=O)NCCNCc2ccc(Cl)c(Cl)c2)cc1F. The maximum atomic E-state index is 13.4. The molecular formula is C17H17Cl2FN2O. The average molecular weight is 355 g/mol. The van der Waals surface area contributed by atoms with E-state index in [-0.39, 0.29) is 11.7 Å². The molecule has 0 unspecified atom stereocenters. The van der Waals surface area contributed by atoms with Crippen LogP contribution in [0.3, 0.4) is 0 Å². The third-order valence-electron chi connectivity index (χ3n) is 3.33. The number of rotatable bonds is 6. The van der Waals surface area contributed by atoms with Crippen LogP contribution in [0.5, 0.6) is 0 Å². The molecular weight excluding hydrogens is 338 g/mol. The molecule has 0 saturated heterocycles. The van der Waals surface area contributed by atoms with Crippen LogP contribution in [0.15, 0.2) is 36.4 Å². The first-order chi connectivity index (χ1) is 11.0.